The van der Waals surface area contributed by atoms with E-state index >= 15 is 0 Å². The Hall–Kier alpha value is -1.13. The van der Waals surface area contributed by atoms with Gasteiger partial charge in [0.25, 0.3) is 0 Å². The molecule has 0 atom stereocenters. The topological polar surface area (TPSA) is 17.1 Å². The van der Waals surface area contributed by atoms with Gasteiger partial charge in [-0.05, 0) is 36.6 Å². The zero-order valence-electron chi connectivity index (χ0n) is 8.57. The van der Waals surface area contributed by atoms with Gasteiger partial charge < -0.3 is 0 Å². The Morgan fingerprint density at radius 3 is 2.81 bits per heavy atom. The number of carbonyl (C=O) groups is 1. The third-order valence-corrected chi connectivity index (χ3v) is 4.14. The van der Waals surface area contributed by atoms with Crippen molar-refractivity contribution in [2.45, 2.75) is 16.0 Å². The van der Waals surface area contributed by atoms with Gasteiger partial charge in [-0.15, -0.1) is 11.3 Å². The van der Waals surface area contributed by atoms with Gasteiger partial charge in [0.2, 0.25) is 0 Å². The van der Waals surface area contributed by atoms with Crippen LogP contribution in [0.4, 0.5) is 4.39 Å². The molecule has 0 unspecified atom stereocenters. The SMILES string of the molecule is CC(=O)c1cc(F)ccc1Sc1cccs1. The van der Waals surface area contributed by atoms with E-state index in [0.29, 0.717) is 5.56 Å². The second-order valence-corrected chi connectivity index (χ2v) is 5.52. The molecule has 0 bridgehead atoms. The minimum absolute atomic E-state index is 0.112. The van der Waals surface area contributed by atoms with Crippen molar-refractivity contribution in [1.82, 2.24) is 0 Å². The first-order valence-electron chi connectivity index (χ1n) is 4.68. The van der Waals surface area contributed by atoms with Crippen molar-refractivity contribution in [3.63, 3.8) is 0 Å². The van der Waals surface area contributed by atoms with Crippen molar-refractivity contribution in [3.05, 3.63) is 47.1 Å². The Morgan fingerprint density at radius 1 is 1.38 bits per heavy atom. The zero-order chi connectivity index (χ0) is 11.5. The molecule has 82 valence electrons. The monoisotopic (exact) mass is 252 g/mol. The first-order valence-corrected chi connectivity index (χ1v) is 6.38. The van der Waals surface area contributed by atoms with Gasteiger partial charge in [0.05, 0.1) is 4.21 Å². The van der Waals surface area contributed by atoms with E-state index in [2.05, 4.69) is 0 Å². The van der Waals surface area contributed by atoms with E-state index in [-0.39, 0.29) is 11.6 Å². The number of thiophene rings is 1. The zero-order valence-corrected chi connectivity index (χ0v) is 10.2. The van der Waals surface area contributed by atoms with Crippen LogP contribution in [0.3, 0.4) is 0 Å². The predicted molar refractivity (Wildman–Crippen MR) is 64.8 cm³/mol. The largest absolute Gasteiger partial charge is 0.294 e. The van der Waals surface area contributed by atoms with E-state index in [1.807, 2.05) is 17.5 Å². The van der Waals surface area contributed by atoms with Gasteiger partial charge in [0.1, 0.15) is 5.82 Å². The summed E-state index contributed by atoms with van der Waals surface area (Å²) in [7, 11) is 0. The lowest BCUT2D eigenvalue weighted by molar-refractivity contribution is 0.101. The minimum Gasteiger partial charge on any atom is -0.294 e. The van der Waals surface area contributed by atoms with Gasteiger partial charge in [0.15, 0.2) is 5.78 Å². The number of rotatable bonds is 3. The first-order chi connectivity index (χ1) is 7.66. The summed E-state index contributed by atoms with van der Waals surface area (Å²) in [4.78, 5) is 12.2. The third kappa shape index (κ3) is 2.51. The molecule has 1 aromatic carbocycles. The maximum atomic E-state index is 13.0. The molecule has 1 heterocycles. The molecule has 4 heteroatoms. The molecule has 0 spiro atoms. The van der Waals surface area contributed by atoms with E-state index in [0.717, 1.165) is 9.10 Å². The standard InChI is InChI=1S/C12H9FOS2/c1-8(14)10-7-9(13)4-5-11(10)16-12-3-2-6-15-12/h2-7H,1H3. The summed E-state index contributed by atoms with van der Waals surface area (Å²) in [5.41, 5.74) is 0.443. The van der Waals surface area contributed by atoms with Crippen molar-refractivity contribution >= 4 is 28.9 Å². The molecule has 0 amide bonds. The Bertz CT molecular complexity index is 506. The molecule has 0 N–H and O–H groups in total. The summed E-state index contributed by atoms with van der Waals surface area (Å²) in [5, 5.41) is 1.97. The minimum atomic E-state index is -0.374. The summed E-state index contributed by atoms with van der Waals surface area (Å²) in [6.07, 6.45) is 0. The summed E-state index contributed by atoms with van der Waals surface area (Å²) >= 11 is 3.09. The molecule has 0 fully saturated rings. The summed E-state index contributed by atoms with van der Waals surface area (Å²) < 4.78 is 14.1. The smallest absolute Gasteiger partial charge is 0.161 e. The highest BCUT2D eigenvalue weighted by atomic mass is 32.2. The van der Waals surface area contributed by atoms with E-state index < -0.39 is 0 Å². The van der Waals surface area contributed by atoms with Crippen LogP contribution in [0.25, 0.3) is 0 Å². The highest BCUT2D eigenvalue weighted by Gasteiger charge is 2.10. The molecule has 2 aromatic rings. The molecule has 0 radical (unpaired) electrons. The second kappa shape index (κ2) is 4.80. The molecule has 0 saturated heterocycles. The van der Waals surface area contributed by atoms with Crippen LogP contribution in [0.1, 0.15) is 17.3 Å². The normalized spacial score (nSPS) is 10.4. The fraction of sp³-hybridized carbons (Fsp3) is 0.0833. The fourth-order valence-electron chi connectivity index (χ4n) is 1.30. The average Bonchev–Trinajstić information content (AvgIpc) is 2.73. The van der Waals surface area contributed by atoms with Crippen molar-refractivity contribution in [2.75, 3.05) is 0 Å². The van der Waals surface area contributed by atoms with Crippen LogP contribution in [0.15, 0.2) is 44.8 Å². The molecule has 0 aliphatic rings. The molecule has 0 aliphatic heterocycles. The number of hydrogen-bond donors (Lipinski definition) is 0. The third-order valence-electron chi connectivity index (χ3n) is 2.03. The summed E-state index contributed by atoms with van der Waals surface area (Å²) in [6, 6.07) is 8.24. The lowest BCUT2D eigenvalue weighted by atomic mass is 10.1. The Morgan fingerprint density at radius 2 is 2.19 bits per heavy atom. The van der Waals surface area contributed by atoms with Crippen LogP contribution in [0.2, 0.25) is 0 Å². The molecular formula is C12H9FOS2. The number of halogens is 1. The van der Waals surface area contributed by atoms with E-state index in [9.17, 15) is 9.18 Å². The van der Waals surface area contributed by atoms with Gasteiger partial charge in [-0.2, -0.15) is 0 Å². The van der Waals surface area contributed by atoms with Crippen LogP contribution < -0.4 is 0 Å². The summed E-state index contributed by atoms with van der Waals surface area (Å²) in [6.45, 7) is 1.45. The molecular weight excluding hydrogens is 243 g/mol. The van der Waals surface area contributed by atoms with Crippen molar-refractivity contribution < 1.29 is 9.18 Å². The molecule has 1 aromatic heterocycles. The highest BCUT2D eigenvalue weighted by Crippen LogP contribution is 2.33. The van der Waals surface area contributed by atoms with Gasteiger partial charge >= 0.3 is 0 Å². The molecule has 0 aliphatic carbocycles. The van der Waals surface area contributed by atoms with Crippen molar-refractivity contribution in [2.24, 2.45) is 0 Å². The molecule has 16 heavy (non-hydrogen) atoms. The molecule has 2 rings (SSSR count). The van der Waals surface area contributed by atoms with E-state index in [1.165, 1.54) is 30.8 Å². The predicted octanol–water partition coefficient (Wildman–Crippen LogP) is 4.24. The van der Waals surface area contributed by atoms with Crippen LogP contribution in [-0.4, -0.2) is 5.78 Å². The van der Waals surface area contributed by atoms with Gasteiger partial charge in [-0.3, -0.25) is 4.79 Å². The Balaban J connectivity index is 2.36. The van der Waals surface area contributed by atoms with E-state index in [1.54, 1.807) is 17.4 Å². The van der Waals surface area contributed by atoms with Crippen LogP contribution in [0.5, 0.6) is 0 Å². The van der Waals surface area contributed by atoms with Crippen LogP contribution >= 0.6 is 23.1 Å². The lowest BCUT2D eigenvalue weighted by Crippen LogP contribution is -1.95. The summed E-state index contributed by atoms with van der Waals surface area (Å²) in [5.74, 6) is -0.487. The number of Topliss-reactive ketones (excluding diaryl/α,β-unsaturated/α-hetero) is 1. The van der Waals surface area contributed by atoms with Gasteiger partial charge in [-0.25, -0.2) is 4.39 Å². The average molecular weight is 252 g/mol. The van der Waals surface area contributed by atoms with E-state index in [4.69, 9.17) is 0 Å². The number of benzene rings is 1. The van der Waals surface area contributed by atoms with Crippen LogP contribution in [0, 0.1) is 5.82 Å². The quantitative estimate of drug-likeness (QED) is 0.760. The Kier molecular flexibility index (Phi) is 3.41. The fourth-order valence-corrected chi connectivity index (χ4v) is 3.19. The second-order valence-electron chi connectivity index (χ2n) is 3.23. The number of hydrogen-bond acceptors (Lipinski definition) is 3. The number of carbonyl (C=O) groups excluding carboxylic acids is 1. The first kappa shape index (κ1) is 11.4. The van der Waals surface area contributed by atoms with Crippen molar-refractivity contribution in [1.29, 1.82) is 0 Å². The highest BCUT2D eigenvalue weighted by molar-refractivity contribution is 8.01. The maximum absolute atomic E-state index is 13.0. The maximum Gasteiger partial charge on any atom is 0.161 e. The van der Waals surface area contributed by atoms with Crippen LogP contribution in [-0.2, 0) is 0 Å². The number of ketones is 1. The van der Waals surface area contributed by atoms with Crippen molar-refractivity contribution in [3.8, 4) is 0 Å². The molecule has 0 saturated carbocycles. The molecule has 1 nitrogen and oxygen atoms in total. The van der Waals surface area contributed by atoms with Gasteiger partial charge in [-0.1, -0.05) is 17.8 Å². The lowest BCUT2D eigenvalue weighted by Gasteiger charge is -2.04. The Labute approximate surface area is 101 Å². The van der Waals surface area contributed by atoms with Gasteiger partial charge in [0, 0.05) is 10.5 Å².